The molecule has 0 aliphatic heterocycles. The normalized spacial score (nSPS) is 11.2. The van der Waals surface area contributed by atoms with Gasteiger partial charge in [-0.05, 0) is 43.9 Å². The van der Waals surface area contributed by atoms with Gasteiger partial charge in [-0.2, -0.15) is 0 Å². The highest BCUT2D eigenvalue weighted by Gasteiger charge is 2.35. The molecule has 0 radical (unpaired) electrons. The zero-order chi connectivity index (χ0) is 17.5. The van der Waals surface area contributed by atoms with E-state index in [0.29, 0.717) is 25.4 Å². The lowest BCUT2D eigenvalue weighted by Crippen LogP contribution is -2.48. The van der Waals surface area contributed by atoms with Gasteiger partial charge in [-0.3, -0.25) is 9.59 Å². The van der Waals surface area contributed by atoms with Crippen molar-refractivity contribution >= 4 is 11.8 Å². The van der Waals surface area contributed by atoms with E-state index in [9.17, 15) is 9.59 Å². The Morgan fingerprint density at radius 2 is 1.65 bits per heavy atom. The lowest BCUT2D eigenvalue weighted by molar-refractivity contribution is -0.141. The molecule has 128 valence electrons. The van der Waals surface area contributed by atoms with Crippen LogP contribution in [0.1, 0.15) is 33.3 Å². The molecule has 0 aliphatic carbocycles. The zero-order valence-electron chi connectivity index (χ0n) is 14.7. The van der Waals surface area contributed by atoms with Gasteiger partial charge in [0.05, 0.1) is 7.11 Å². The van der Waals surface area contributed by atoms with Crippen LogP contribution in [0.4, 0.5) is 0 Å². The number of benzene rings is 1. The molecular weight excluding hydrogens is 292 g/mol. The lowest BCUT2D eigenvalue weighted by Gasteiger charge is -2.23. The monoisotopic (exact) mass is 320 g/mol. The summed E-state index contributed by atoms with van der Waals surface area (Å²) in [5, 5.41) is 5.65. The van der Waals surface area contributed by atoms with E-state index < -0.39 is 5.41 Å². The van der Waals surface area contributed by atoms with Crippen LogP contribution in [0.25, 0.3) is 0 Å². The van der Waals surface area contributed by atoms with Crippen molar-refractivity contribution in [1.29, 1.82) is 0 Å². The molecule has 2 amide bonds. The molecule has 1 aromatic rings. The van der Waals surface area contributed by atoms with E-state index in [2.05, 4.69) is 10.6 Å². The molecule has 0 atom stereocenters. The second-order valence-corrected chi connectivity index (χ2v) is 6.58. The molecule has 5 nitrogen and oxygen atoms in total. The molecule has 0 saturated heterocycles. The number of amides is 2. The molecule has 23 heavy (non-hydrogen) atoms. The number of hydrogen-bond acceptors (Lipinski definition) is 3. The summed E-state index contributed by atoms with van der Waals surface area (Å²) in [6.45, 7) is 8.38. The summed E-state index contributed by atoms with van der Waals surface area (Å²) >= 11 is 0. The van der Waals surface area contributed by atoms with Gasteiger partial charge in [0.15, 0.2) is 0 Å². The highest BCUT2D eigenvalue weighted by atomic mass is 16.5. The molecule has 2 N–H and O–H groups in total. The molecule has 0 saturated carbocycles. The minimum absolute atomic E-state index is 0.242. The van der Waals surface area contributed by atoms with Gasteiger partial charge in [0.1, 0.15) is 11.2 Å². The summed E-state index contributed by atoms with van der Waals surface area (Å²) in [6.07, 6.45) is 0.708. The van der Waals surface area contributed by atoms with Gasteiger partial charge in [0.2, 0.25) is 11.8 Å². The average molecular weight is 320 g/mol. The van der Waals surface area contributed by atoms with Gasteiger partial charge in [-0.15, -0.1) is 0 Å². The Morgan fingerprint density at radius 1 is 1.09 bits per heavy atom. The van der Waals surface area contributed by atoms with Crippen molar-refractivity contribution in [3.8, 4) is 5.75 Å². The zero-order valence-corrected chi connectivity index (χ0v) is 14.7. The second-order valence-electron chi connectivity index (χ2n) is 6.58. The van der Waals surface area contributed by atoms with Crippen LogP contribution in [0.15, 0.2) is 24.3 Å². The molecule has 5 heteroatoms. The van der Waals surface area contributed by atoms with E-state index in [0.717, 1.165) is 11.3 Å². The number of carbonyl (C=O) groups excluding carboxylic acids is 2. The van der Waals surface area contributed by atoms with Crippen LogP contribution in [-0.2, 0) is 16.0 Å². The Morgan fingerprint density at radius 3 is 2.17 bits per heavy atom. The van der Waals surface area contributed by atoms with Gasteiger partial charge >= 0.3 is 0 Å². The van der Waals surface area contributed by atoms with Crippen LogP contribution in [0.2, 0.25) is 0 Å². The van der Waals surface area contributed by atoms with Gasteiger partial charge < -0.3 is 15.4 Å². The predicted octanol–water partition coefficient (Wildman–Crippen LogP) is 2.15. The molecule has 0 aromatic heterocycles. The number of nitrogens with one attached hydrogen (secondary N) is 2. The van der Waals surface area contributed by atoms with Gasteiger partial charge in [0, 0.05) is 13.1 Å². The van der Waals surface area contributed by atoms with Crippen LogP contribution < -0.4 is 15.4 Å². The van der Waals surface area contributed by atoms with Gasteiger partial charge in [-0.25, -0.2) is 0 Å². The quantitative estimate of drug-likeness (QED) is 0.721. The Bertz CT molecular complexity index is 522. The van der Waals surface area contributed by atoms with E-state index >= 15 is 0 Å². The minimum atomic E-state index is -1.07. The summed E-state index contributed by atoms with van der Waals surface area (Å²) < 4.78 is 5.11. The predicted molar refractivity (Wildman–Crippen MR) is 91.3 cm³/mol. The fourth-order valence-corrected chi connectivity index (χ4v) is 1.95. The van der Waals surface area contributed by atoms with Crippen LogP contribution >= 0.6 is 0 Å². The largest absolute Gasteiger partial charge is 0.497 e. The number of rotatable bonds is 8. The van der Waals surface area contributed by atoms with Crippen LogP contribution in [0.3, 0.4) is 0 Å². The SMILES string of the molecule is COc1ccc(CCNC(=O)C(C)(C)C(=O)NCC(C)C)cc1. The fourth-order valence-electron chi connectivity index (χ4n) is 1.95. The van der Waals surface area contributed by atoms with Crippen LogP contribution in [0, 0.1) is 11.3 Å². The van der Waals surface area contributed by atoms with Crippen molar-refractivity contribution in [2.75, 3.05) is 20.2 Å². The highest BCUT2D eigenvalue weighted by Crippen LogP contribution is 2.16. The number of hydrogen-bond donors (Lipinski definition) is 2. The summed E-state index contributed by atoms with van der Waals surface area (Å²) in [7, 11) is 1.63. The first-order valence-electron chi connectivity index (χ1n) is 7.97. The van der Waals surface area contributed by atoms with Crippen molar-refractivity contribution in [2.24, 2.45) is 11.3 Å². The van der Waals surface area contributed by atoms with Crippen molar-refractivity contribution < 1.29 is 14.3 Å². The van der Waals surface area contributed by atoms with Crippen molar-refractivity contribution in [2.45, 2.75) is 34.1 Å². The fraction of sp³-hybridized carbons (Fsp3) is 0.556. The van der Waals surface area contributed by atoms with E-state index in [1.54, 1.807) is 21.0 Å². The Labute approximate surface area is 138 Å². The number of carbonyl (C=O) groups is 2. The lowest BCUT2D eigenvalue weighted by atomic mass is 9.90. The van der Waals surface area contributed by atoms with E-state index in [4.69, 9.17) is 4.74 Å². The summed E-state index contributed by atoms with van der Waals surface area (Å²) in [5.74, 6) is 0.661. The second kappa shape index (κ2) is 8.56. The first-order valence-corrected chi connectivity index (χ1v) is 7.97. The topological polar surface area (TPSA) is 67.4 Å². The van der Waals surface area contributed by atoms with Crippen molar-refractivity contribution in [3.05, 3.63) is 29.8 Å². The number of ether oxygens (including phenoxy) is 1. The third kappa shape index (κ3) is 5.93. The smallest absolute Gasteiger partial charge is 0.235 e. The molecule has 0 spiro atoms. The van der Waals surface area contributed by atoms with Crippen molar-refractivity contribution in [1.82, 2.24) is 10.6 Å². The number of methoxy groups -OCH3 is 1. The maximum atomic E-state index is 12.2. The standard InChI is InChI=1S/C18H28N2O3/c1-13(2)12-20-17(22)18(3,4)16(21)19-11-10-14-6-8-15(23-5)9-7-14/h6-9,13H,10-12H2,1-5H3,(H,19,21)(H,20,22). The highest BCUT2D eigenvalue weighted by molar-refractivity contribution is 6.04. The molecule has 0 heterocycles. The Balaban J connectivity index is 2.46. The third-order valence-corrected chi connectivity index (χ3v) is 3.66. The summed E-state index contributed by atoms with van der Waals surface area (Å²) in [4.78, 5) is 24.4. The maximum Gasteiger partial charge on any atom is 0.235 e. The van der Waals surface area contributed by atoms with E-state index in [1.165, 1.54) is 0 Å². The molecule has 0 bridgehead atoms. The molecule has 0 unspecified atom stereocenters. The van der Waals surface area contributed by atoms with Crippen LogP contribution in [-0.4, -0.2) is 32.0 Å². The first-order chi connectivity index (χ1) is 10.8. The van der Waals surface area contributed by atoms with Crippen molar-refractivity contribution in [3.63, 3.8) is 0 Å². The van der Waals surface area contributed by atoms with E-state index in [1.807, 2.05) is 38.1 Å². The first kappa shape index (κ1) is 19.0. The summed E-state index contributed by atoms with van der Waals surface area (Å²) in [5.41, 5.74) is 0.0302. The molecule has 1 aromatic carbocycles. The molecule has 1 rings (SSSR count). The molecule has 0 fully saturated rings. The third-order valence-electron chi connectivity index (χ3n) is 3.66. The molecule has 0 aliphatic rings. The maximum absolute atomic E-state index is 12.2. The van der Waals surface area contributed by atoms with Gasteiger partial charge in [-0.1, -0.05) is 26.0 Å². The summed E-state index contributed by atoms with van der Waals surface area (Å²) in [6, 6.07) is 7.71. The average Bonchev–Trinajstić information content (AvgIpc) is 2.52. The molecular formula is C18H28N2O3. The Hall–Kier alpha value is -2.04. The Kier molecular flexibility index (Phi) is 7.07. The van der Waals surface area contributed by atoms with Gasteiger partial charge in [0.25, 0.3) is 0 Å². The minimum Gasteiger partial charge on any atom is -0.497 e. The van der Waals surface area contributed by atoms with Crippen LogP contribution in [0.5, 0.6) is 5.75 Å². The van der Waals surface area contributed by atoms with E-state index in [-0.39, 0.29) is 11.8 Å².